The third-order valence-corrected chi connectivity index (χ3v) is 10.9. The van der Waals surface area contributed by atoms with Gasteiger partial charge in [-0.05, 0) is 98.2 Å². The smallest absolute Gasteiger partial charge is 0.328 e. The van der Waals surface area contributed by atoms with Crippen molar-refractivity contribution in [3.63, 3.8) is 0 Å². The van der Waals surface area contributed by atoms with Crippen LogP contribution in [0.2, 0.25) is 0 Å². The summed E-state index contributed by atoms with van der Waals surface area (Å²) >= 11 is 0. The van der Waals surface area contributed by atoms with Crippen LogP contribution in [-0.2, 0) is 35.1 Å². The summed E-state index contributed by atoms with van der Waals surface area (Å²) < 4.78 is 4.79. The van der Waals surface area contributed by atoms with Crippen molar-refractivity contribution in [2.45, 2.75) is 65.8 Å². The van der Waals surface area contributed by atoms with E-state index in [9.17, 15) is 29.1 Å². The molecule has 0 fully saturated rings. The molecule has 16 heteroatoms. The van der Waals surface area contributed by atoms with Crippen molar-refractivity contribution in [1.29, 1.82) is 0 Å². The summed E-state index contributed by atoms with van der Waals surface area (Å²) in [5.74, 6) is -3.22. The maximum atomic E-state index is 13.2. The lowest BCUT2D eigenvalue weighted by atomic mass is 9.98. The largest absolute Gasteiger partial charge is 0.481 e. The van der Waals surface area contributed by atoms with E-state index in [0.717, 1.165) is 66.6 Å². The molecular formula is C45H49N9O7. The molecule has 2 aliphatic rings. The van der Waals surface area contributed by atoms with E-state index in [4.69, 9.17) is 14.7 Å². The summed E-state index contributed by atoms with van der Waals surface area (Å²) in [4.78, 5) is 86.3. The molecule has 0 saturated heterocycles. The SMILES string of the molecule is C=Cc1c(C)c2cc3[nH]c(cc4nc(cc5nc(cc1[nH]2)C(C)=C5CCC(=O)NCC(=O)NCC(=O)N[C@@H](Cc1cnc[nH]1)C(=O)OC)C(CCC(=O)O)=C4C)c(C)c3C=C. The maximum absolute atomic E-state index is 13.2. The highest BCUT2D eigenvalue weighted by Gasteiger charge is 2.25. The second-order valence-electron chi connectivity index (χ2n) is 14.8. The van der Waals surface area contributed by atoms with Crippen LogP contribution >= 0.6 is 0 Å². The molecule has 2 aliphatic heterocycles. The number of H-pyrrole nitrogens is 3. The number of nitrogens with zero attached hydrogens (tertiary/aromatic N) is 3. The Labute approximate surface area is 351 Å². The fourth-order valence-electron chi connectivity index (χ4n) is 7.48. The number of aliphatic carboxylic acids is 1. The average molecular weight is 828 g/mol. The quantitative estimate of drug-likeness (QED) is 0.0693. The molecule has 6 heterocycles. The number of rotatable bonds is 16. The molecule has 316 valence electrons. The topological polar surface area (TPSA) is 237 Å². The summed E-state index contributed by atoms with van der Waals surface area (Å²) in [5.41, 5.74) is 13.5. The molecule has 4 aromatic heterocycles. The highest BCUT2D eigenvalue weighted by atomic mass is 16.5. The van der Waals surface area contributed by atoms with E-state index in [2.05, 4.69) is 49.0 Å². The summed E-state index contributed by atoms with van der Waals surface area (Å²) in [6.45, 7) is 15.2. The normalized spacial score (nSPS) is 12.8. The fraction of sp³-hybridized carbons (Fsp3) is 0.289. The van der Waals surface area contributed by atoms with Gasteiger partial charge >= 0.3 is 11.9 Å². The highest BCUT2D eigenvalue weighted by molar-refractivity contribution is 5.98. The molecule has 6 rings (SSSR count). The van der Waals surface area contributed by atoms with Gasteiger partial charge in [-0.2, -0.15) is 0 Å². The summed E-state index contributed by atoms with van der Waals surface area (Å²) in [6.07, 6.45) is 7.11. The molecular weight excluding hydrogens is 779 g/mol. The average Bonchev–Trinajstić information content (AvgIpc) is 4.04. The number of methoxy groups -OCH3 is 1. The predicted molar refractivity (Wildman–Crippen MR) is 234 cm³/mol. The lowest BCUT2D eigenvalue weighted by Crippen LogP contribution is -2.48. The lowest BCUT2D eigenvalue weighted by Gasteiger charge is -2.16. The van der Waals surface area contributed by atoms with Crippen LogP contribution in [0.4, 0.5) is 0 Å². The van der Waals surface area contributed by atoms with Gasteiger partial charge in [-0.3, -0.25) is 19.2 Å². The van der Waals surface area contributed by atoms with Gasteiger partial charge in [0.2, 0.25) is 17.7 Å². The number of esters is 1. The van der Waals surface area contributed by atoms with Crippen LogP contribution in [-0.4, -0.2) is 90.9 Å². The monoisotopic (exact) mass is 827 g/mol. The predicted octanol–water partition coefficient (Wildman–Crippen LogP) is 5.58. The Morgan fingerprint density at radius 3 is 1.84 bits per heavy atom. The molecule has 1 atom stereocenters. The summed E-state index contributed by atoms with van der Waals surface area (Å²) in [6, 6.07) is 6.79. The zero-order valence-corrected chi connectivity index (χ0v) is 34.8. The van der Waals surface area contributed by atoms with E-state index in [0.29, 0.717) is 28.5 Å². The first-order valence-corrected chi connectivity index (χ1v) is 19.7. The van der Waals surface area contributed by atoms with E-state index >= 15 is 0 Å². The zero-order valence-electron chi connectivity index (χ0n) is 34.8. The van der Waals surface area contributed by atoms with Crippen molar-refractivity contribution in [2.24, 2.45) is 0 Å². The number of carbonyl (C=O) groups is 5. The Morgan fingerprint density at radius 1 is 0.738 bits per heavy atom. The second-order valence-corrected chi connectivity index (χ2v) is 14.8. The first-order valence-electron chi connectivity index (χ1n) is 19.7. The molecule has 7 N–H and O–H groups in total. The van der Waals surface area contributed by atoms with Gasteiger partial charge in [0.1, 0.15) is 6.04 Å². The van der Waals surface area contributed by atoms with Crippen LogP contribution in [0, 0.1) is 13.8 Å². The Balaban J connectivity index is 1.27. The van der Waals surface area contributed by atoms with Crippen LogP contribution in [0.15, 0.2) is 49.9 Å². The van der Waals surface area contributed by atoms with Gasteiger partial charge in [-0.1, -0.05) is 25.3 Å². The molecule has 4 aromatic rings. The molecule has 8 bridgehead atoms. The number of fused-ring (bicyclic) bond motifs is 8. The van der Waals surface area contributed by atoms with Gasteiger partial charge in [0, 0.05) is 64.3 Å². The van der Waals surface area contributed by atoms with E-state index < -0.39 is 42.2 Å². The van der Waals surface area contributed by atoms with Crippen molar-refractivity contribution in [3.8, 4) is 0 Å². The fourth-order valence-corrected chi connectivity index (χ4v) is 7.48. The van der Waals surface area contributed by atoms with Crippen molar-refractivity contribution >= 4 is 86.2 Å². The van der Waals surface area contributed by atoms with Gasteiger partial charge < -0.3 is 40.7 Å². The second kappa shape index (κ2) is 18.7. The Kier molecular flexibility index (Phi) is 13.3. The van der Waals surface area contributed by atoms with E-state index in [-0.39, 0.29) is 38.6 Å². The summed E-state index contributed by atoms with van der Waals surface area (Å²) in [5, 5.41) is 17.2. The number of aromatic amines is 3. The van der Waals surface area contributed by atoms with Gasteiger partial charge in [0.15, 0.2) is 0 Å². The first-order chi connectivity index (χ1) is 29.2. The number of nitrogens with one attached hydrogen (secondary N) is 6. The molecule has 0 spiro atoms. The molecule has 0 radical (unpaired) electrons. The number of amides is 3. The minimum absolute atomic E-state index is 0.00579. The van der Waals surface area contributed by atoms with E-state index in [1.807, 2.05) is 58.0 Å². The van der Waals surface area contributed by atoms with Gasteiger partial charge in [0.25, 0.3) is 0 Å². The molecule has 0 saturated carbocycles. The first kappa shape index (κ1) is 43.2. The van der Waals surface area contributed by atoms with Crippen LogP contribution in [0.25, 0.3) is 56.5 Å². The number of imidazole rings is 1. The number of carbonyl (C=O) groups excluding carboxylic acids is 4. The molecule has 3 amide bonds. The van der Waals surface area contributed by atoms with Crippen molar-refractivity contribution in [1.82, 2.24) is 45.9 Å². The van der Waals surface area contributed by atoms with Gasteiger partial charge in [0.05, 0.1) is 49.3 Å². The van der Waals surface area contributed by atoms with Gasteiger partial charge in [-0.25, -0.2) is 19.7 Å². The highest BCUT2D eigenvalue weighted by Crippen LogP contribution is 2.38. The number of hydrogen-bond acceptors (Lipinski definition) is 9. The van der Waals surface area contributed by atoms with Crippen molar-refractivity contribution < 1.29 is 33.8 Å². The minimum Gasteiger partial charge on any atom is -0.481 e. The standard InChI is InChI=1S/C45H49N9O7/c1-8-28-23(3)32-15-33-26(6)31(11-13-44(58)59)39(52-33)18-38-30(25(5)35(53-38)17-37-29(9-2)24(4)34(51-37)16-36(28)50-32)10-12-41(55)47-20-42(56)48-21-43(57)54-40(45(60)61-7)14-27-19-46-22-49-27/h8-9,15-19,22,40,50-51H,1-2,10-14,20-21H2,3-7H3,(H,46,49)(H,47,55)(H,48,56)(H,54,57)(H,58,59)/t40-/m0/s1. The lowest BCUT2D eigenvalue weighted by molar-refractivity contribution is -0.145. The molecule has 0 aliphatic carbocycles. The van der Waals surface area contributed by atoms with Crippen molar-refractivity contribution in [3.05, 3.63) is 101 Å². The summed E-state index contributed by atoms with van der Waals surface area (Å²) in [7, 11) is 1.21. The molecule has 0 unspecified atom stereocenters. The number of aromatic nitrogens is 6. The Hall–Kier alpha value is -7.36. The maximum Gasteiger partial charge on any atom is 0.328 e. The Bertz CT molecular complexity index is 2680. The number of allylic oxidation sites excluding steroid dienone is 4. The van der Waals surface area contributed by atoms with E-state index in [1.54, 1.807) is 6.08 Å². The minimum atomic E-state index is -1.000. The molecule has 61 heavy (non-hydrogen) atoms. The number of aryl methyl sites for hydroxylation is 2. The number of ether oxygens (including phenoxy) is 1. The van der Waals surface area contributed by atoms with Crippen LogP contribution in [0.3, 0.4) is 0 Å². The Morgan fingerprint density at radius 2 is 1.28 bits per heavy atom. The molecule has 16 nitrogen and oxygen atoms in total. The van der Waals surface area contributed by atoms with Crippen LogP contribution in [0.5, 0.6) is 0 Å². The van der Waals surface area contributed by atoms with Crippen molar-refractivity contribution in [2.75, 3.05) is 20.2 Å². The van der Waals surface area contributed by atoms with Gasteiger partial charge in [-0.15, -0.1) is 0 Å². The number of hydrogen-bond donors (Lipinski definition) is 7. The van der Waals surface area contributed by atoms with Crippen LogP contribution < -0.4 is 16.0 Å². The molecule has 0 aromatic carbocycles. The number of carboxylic acid groups (broad SMARTS) is 1. The number of carboxylic acids is 1. The van der Waals surface area contributed by atoms with E-state index in [1.165, 1.54) is 19.6 Å². The zero-order chi connectivity index (χ0) is 44.0. The van der Waals surface area contributed by atoms with Crippen LogP contribution in [0.1, 0.15) is 90.3 Å². The third kappa shape index (κ3) is 9.75. The third-order valence-electron chi connectivity index (χ3n) is 10.9.